The number of hydrogen-bond donors (Lipinski definition) is 2. The summed E-state index contributed by atoms with van der Waals surface area (Å²) in [5.41, 5.74) is 0.814. The second-order valence-corrected chi connectivity index (χ2v) is 6.73. The Kier molecular flexibility index (Phi) is 5.01. The molecule has 1 amide bonds. The van der Waals surface area contributed by atoms with E-state index in [1.54, 1.807) is 0 Å². The van der Waals surface area contributed by atoms with E-state index in [1.165, 1.54) is 0 Å². The van der Waals surface area contributed by atoms with Gasteiger partial charge in [-0.15, -0.1) is 0 Å². The van der Waals surface area contributed by atoms with E-state index in [4.69, 9.17) is 4.74 Å². The molecular weight excluding hydrogens is 266 g/mol. The Morgan fingerprint density at radius 2 is 1.95 bits per heavy atom. The lowest BCUT2D eigenvalue weighted by Gasteiger charge is -2.39. The Bertz CT molecular complexity index is 461. The van der Waals surface area contributed by atoms with Gasteiger partial charge in [-0.05, 0) is 39.2 Å². The number of carbonyl (C=O) groups excluding carboxylic acids is 1. The number of aliphatic hydroxyl groups excluding tert-OH is 1. The lowest BCUT2D eigenvalue weighted by atomic mass is 9.88. The fraction of sp³-hybridized carbons (Fsp3) is 0.588. The van der Waals surface area contributed by atoms with Crippen molar-refractivity contribution in [3.63, 3.8) is 0 Å². The molecular formula is C17H25NO3. The van der Waals surface area contributed by atoms with Crippen LogP contribution in [0, 0.1) is 0 Å². The van der Waals surface area contributed by atoms with Gasteiger partial charge in [-0.1, -0.05) is 30.3 Å². The van der Waals surface area contributed by atoms with Crippen LogP contribution in [0.1, 0.15) is 39.2 Å². The number of aliphatic hydroxyl groups is 1. The van der Waals surface area contributed by atoms with Gasteiger partial charge in [0.15, 0.2) is 0 Å². The van der Waals surface area contributed by atoms with Crippen molar-refractivity contribution in [2.75, 3.05) is 0 Å². The SMILES string of the molecule is CC(C)(C)OC1CC(NC(=O)[C@@H](O)Cc2ccccc2)C1. The first-order valence-electron chi connectivity index (χ1n) is 7.53. The van der Waals surface area contributed by atoms with Crippen LogP contribution in [-0.2, 0) is 16.0 Å². The maximum absolute atomic E-state index is 11.9. The van der Waals surface area contributed by atoms with E-state index in [-0.39, 0.29) is 23.7 Å². The number of nitrogens with one attached hydrogen (secondary N) is 1. The van der Waals surface area contributed by atoms with Crippen LogP contribution in [0.4, 0.5) is 0 Å². The molecule has 1 aliphatic carbocycles. The molecule has 0 aliphatic heterocycles. The van der Waals surface area contributed by atoms with Gasteiger partial charge in [0.2, 0.25) is 5.91 Å². The summed E-state index contributed by atoms with van der Waals surface area (Å²) in [7, 11) is 0. The Balaban J connectivity index is 1.71. The second-order valence-electron chi connectivity index (χ2n) is 6.73. The van der Waals surface area contributed by atoms with Crippen LogP contribution in [0.5, 0.6) is 0 Å². The second kappa shape index (κ2) is 6.58. The number of benzene rings is 1. The predicted molar refractivity (Wildman–Crippen MR) is 81.9 cm³/mol. The zero-order chi connectivity index (χ0) is 15.5. The van der Waals surface area contributed by atoms with Gasteiger partial charge in [-0.25, -0.2) is 0 Å². The quantitative estimate of drug-likeness (QED) is 0.873. The van der Waals surface area contributed by atoms with E-state index in [9.17, 15) is 9.90 Å². The molecule has 1 aromatic carbocycles. The van der Waals surface area contributed by atoms with Crippen molar-refractivity contribution in [2.24, 2.45) is 0 Å². The van der Waals surface area contributed by atoms with E-state index in [0.717, 1.165) is 18.4 Å². The monoisotopic (exact) mass is 291 g/mol. The van der Waals surface area contributed by atoms with Gasteiger partial charge in [0.25, 0.3) is 0 Å². The Labute approximate surface area is 126 Å². The van der Waals surface area contributed by atoms with Gasteiger partial charge in [-0.2, -0.15) is 0 Å². The summed E-state index contributed by atoms with van der Waals surface area (Å²) in [4.78, 5) is 11.9. The molecule has 1 atom stereocenters. The molecule has 2 N–H and O–H groups in total. The van der Waals surface area contributed by atoms with Gasteiger partial charge in [0.05, 0.1) is 11.7 Å². The van der Waals surface area contributed by atoms with Crippen molar-refractivity contribution >= 4 is 5.91 Å². The van der Waals surface area contributed by atoms with E-state index in [2.05, 4.69) is 5.32 Å². The van der Waals surface area contributed by atoms with E-state index >= 15 is 0 Å². The van der Waals surface area contributed by atoms with Crippen LogP contribution in [-0.4, -0.2) is 34.9 Å². The third-order valence-electron chi connectivity index (χ3n) is 3.54. The average Bonchev–Trinajstić information content (AvgIpc) is 2.35. The molecule has 1 aromatic rings. The number of hydrogen-bond acceptors (Lipinski definition) is 3. The van der Waals surface area contributed by atoms with Gasteiger partial charge < -0.3 is 15.2 Å². The van der Waals surface area contributed by atoms with Crippen molar-refractivity contribution in [3.05, 3.63) is 35.9 Å². The summed E-state index contributed by atoms with van der Waals surface area (Å²) in [6, 6.07) is 9.66. The van der Waals surface area contributed by atoms with Crippen LogP contribution in [0.25, 0.3) is 0 Å². The van der Waals surface area contributed by atoms with Gasteiger partial charge in [-0.3, -0.25) is 4.79 Å². The summed E-state index contributed by atoms with van der Waals surface area (Å²) >= 11 is 0. The van der Waals surface area contributed by atoms with Crippen LogP contribution in [0.3, 0.4) is 0 Å². The minimum absolute atomic E-state index is 0.121. The highest BCUT2D eigenvalue weighted by molar-refractivity contribution is 5.81. The molecule has 1 fully saturated rings. The van der Waals surface area contributed by atoms with Gasteiger partial charge in [0, 0.05) is 12.5 Å². The Hall–Kier alpha value is -1.39. The summed E-state index contributed by atoms with van der Waals surface area (Å²) in [6.45, 7) is 6.09. The molecule has 2 rings (SSSR count). The lowest BCUT2D eigenvalue weighted by Crippen LogP contribution is -2.52. The van der Waals surface area contributed by atoms with E-state index in [1.807, 2.05) is 51.1 Å². The standard InChI is InChI=1S/C17H25NO3/c1-17(2,3)21-14-10-13(11-14)18-16(20)15(19)9-12-7-5-4-6-8-12/h4-8,13-15,19H,9-11H2,1-3H3,(H,18,20)/t13?,14?,15-/m0/s1. The first-order chi connectivity index (χ1) is 9.83. The molecule has 4 nitrogen and oxygen atoms in total. The molecule has 0 bridgehead atoms. The summed E-state index contributed by atoms with van der Waals surface area (Å²) in [5, 5.41) is 12.8. The maximum atomic E-state index is 11.9. The molecule has 0 unspecified atom stereocenters. The van der Waals surface area contributed by atoms with Crippen molar-refractivity contribution < 1.29 is 14.6 Å². The summed E-state index contributed by atoms with van der Waals surface area (Å²) < 4.78 is 5.83. The summed E-state index contributed by atoms with van der Waals surface area (Å²) in [6.07, 6.45) is 1.21. The van der Waals surface area contributed by atoms with Gasteiger partial charge in [0.1, 0.15) is 6.10 Å². The fourth-order valence-corrected chi connectivity index (χ4v) is 2.51. The van der Waals surface area contributed by atoms with E-state index in [0.29, 0.717) is 6.42 Å². The first-order valence-corrected chi connectivity index (χ1v) is 7.53. The minimum Gasteiger partial charge on any atom is -0.383 e. The Morgan fingerprint density at radius 1 is 1.33 bits per heavy atom. The molecule has 116 valence electrons. The molecule has 4 heteroatoms. The van der Waals surface area contributed by atoms with Crippen molar-refractivity contribution in [2.45, 2.75) is 63.9 Å². The number of carbonyl (C=O) groups is 1. The lowest BCUT2D eigenvalue weighted by molar-refractivity contribution is -0.135. The van der Waals surface area contributed by atoms with Crippen molar-refractivity contribution in [3.8, 4) is 0 Å². The van der Waals surface area contributed by atoms with Gasteiger partial charge >= 0.3 is 0 Å². The van der Waals surface area contributed by atoms with Crippen LogP contribution in [0.2, 0.25) is 0 Å². The number of rotatable bonds is 5. The molecule has 0 radical (unpaired) electrons. The third-order valence-corrected chi connectivity index (χ3v) is 3.54. The molecule has 0 aromatic heterocycles. The maximum Gasteiger partial charge on any atom is 0.249 e. The third kappa shape index (κ3) is 5.14. The van der Waals surface area contributed by atoms with Crippen LogP contribution < -0.4 is 5.32 Å². The zero-order valence-corrected chi connectivity index (χ0v) is 13.0. The van der Waals surface area contributed by atoms with Crippen LogP contribution >= 0.6 is 0 Å². The van der Waals surface area contributed by atoms with E-state index < -0.39 is 6.10 Å². The van der Waals surface area contributed by atoms with Crippen molar-refractivity contribution in [1.82, 2.24) is 5.32 Å². The minimum atomic E-state index is -0.991. The molecule has 0 spiro atoms. The highest BCUT2D eigenvalue weighted by Gasteiger charge is 2.34. The molecule has 1 aliphatic rings. The highest BCUT2D eigenvalue weighted by atomic mass is 16.5. The van der Waals surface area contributed by atoms with Crippen LogP contribution in [0.15, 0.2) is 30.3 Å². The predicted octanol–water partition coefficient (Wildman–Crippen LogP) is 2.05. The molecule has 0 heterocycles. The molecule has 1 saturated carbocycles. The zero-order valence-electron chi connectivity index (χ0n) is 13.0. The average molecular weight is 291 g/mol. The molecule has 21 heavy (non-hydrogen) atoms. The molecule has 0 saturated heterocycles. The largest absolute Gasteiger partial charge is 0.383 e. The first kappa shape index (κ1) is 16.0. The number of ether oxygens (including phenoxy) is 1. The highest BCUT2D eigenvalue weighted by Crippen LogP contribution is 2.27. The topological polar surface area (TPSA) is 58.6 Å². The fourth-order valence-electron chi connectivity index (χ4n) is 2.51. The normalized spacial score (nSPS) is 23.2. The smallest absolute Gasteiger partial charge is 0.249 e. The summed E-state index contributed by atoms with van der Waals surface area (Å²) in [5.74, 6) is -0.293. The number of amides is 1. The Morgan fingerprint density at radius 3 is 2.52 bits per heavy atom. The van der Waals surface area contributed by atoms with Crippen molar-refractivity contribution in [1.29, 1.82) is 0 Å².